The molecule has 0 bridgehead atoms. The zero-order chi connectivity index (χ0) is 28.2. The number of ether oxygens (including phenoxy) is 1. The quantitative estimate of drug-likeness (QED) is 0.204. The SMILES string of the molecule is Cc1cc(/C=N\NC(=O)[C@@H](C)N(c2ccc(Oc3ccccc3)cc2)S(C)(=O)=O)c(C)n1-c1ccc(Cl)cc1. The van der Waals surface area contributed by atoms with E-state index in [1.807, 2.05) is 74.5 Å². The molecule has 1 amide bonds. The fourth-order valence-corrected chi connectivity index (χ4v) is 5.56. The first-order valence-electron chi connectivity index (χ1n) is 12.1. The van der Waals surface area contributed by atoms with Gasteiger partial charge in [0.2, 0.25) is 10.0 Å². The van der Waals surface area contributed by atoms with Crippen LogP contribution in [0, 0.1) is 13.8 Å². The van der Waals surface area contributed by atoms with Crippen LogP contribution in [0.25, 0.3) is 5.69 Å². The Morgan fingerprint density at radius 3 is 2.23 bits per heavy atom. The van der Waals surface area contributed by atoms with Crippen molar-refractivity contribution in [1.29, 1.82) is 0 Å². The summed E-state index contributed by atoms with van der Waals surface area (Å²) in [6.07, 6.45) is 2.60. The van der Waals surface area contributed by atoms with Gasteiger partial charge in [-0.15, -0.1) is 0 Å². The lowest BCUT2D eigenvalue weighted by Gasteiger charge is -2.27. The zero-order valence-electron chi connectivity index (χ0n) is 22.0. The number of nitrogens with one attached hydrogen (secondary N) is 1. The summed E-state index contributed by atoms with van der Waals surface area (Å²) in [6, 6.07) is 24.1. The number of halogens is 1. The summed E-state index contributed by atoms with van der Waals surface area (Å²) >= 11 is 6.02. The molecule has 0 aliphatic carbocycles. The molecule has 0 saturated heterocycles. The number of benzene rings is 3. The van der Waals surface area contributed by atoms with Crippen LogP contribution in [0.1, 0.15) is 23.9 Å². The predicted octanol–water partition coefficient (Wildman–Crippen LogP) is 5.84. The van der Waals surface area contributed by atoms with E-state index in [9.17, 15) is 13.2 Å². The van der Waals surface area contributed by atoms with Gasteiger partial charge in [0.1, 0.15) is 17.5 Å². The van der Waals surface area contributed by atoms with Crippen LogP contribution >= 0.6 is 11.6 Å². The van der Waals surface area contributed by atoms with E-state index in [4.69, 9.17) is 16.3 Å². The van der Waals surface area contributed by atoms with E-state index < -0.39 is 22.0 Å². The maximum atomic E-state index is 12.9. The normalized spacial score (nSPS) is 12.3. The van der Waals surface area contributed by atoms with E-state index in [1.165, 1.54) is 6.92 Å². The van der Waals surface area contributed by atoms with Crippen LogP contribution in [-0.4, -0.2) is 37.4 Å². The van der Waals surface area contributed by atoms with Crippen LogP contribution in [0.4, 0.5) is 5.69 Å². The number of rotatable bonds is 9. The molecule has 39 heavy (non-hydrogen) atoms. The topological polar surface area (TPSA) is 93.0 Å². The number of anilines is 1. The molecule has 10 heteroatoms. The lowest BCUT2D eigenvalue weighted by molar-refractivity contribution is -0.121. The number of hydrogen-bond donors (Lipinski definition) is 1. The molecule has 8 nitrogen and oxygen atoms in total. The van der Waals surface area contributed by atoms with Gasteiger partial charge in [-0.25, -0.2) is 13.8 Å². The highest BCUT2D eigenvalue weighted by atomic mass is 35.5. The van der Waals surface area contributed by atoms with Gasteiger partial charge < -0.3 is 9.30 Å². The van der Waals surface area contributed by atoms with Crippen molar-refractivity contribution in [3.05, 3.63) is 107 Å². The van der Waals surface area contributed by atoms with Crippen LogP contribution in [0.3, 0.4) is 0 Å². The minimum absolute atomic E-state index is 0.330. The number of hydrazone groups is 1. The minimum atomic E-state index is -3.79. The van der Waals surface area contributed by atoms with Crippen LogP contribution in [0.5, 0.6) is 11.5 Å². The highest BCUT2D eigenvalue weighted by Crippen LogP contribution is 2.27. The van der Waals surface area contributed by atoms with Crippen LogP contribution in [-0.2, 0) is 14.8 Å². The Morgan fingerprint density at radius 2 is 1.62 bits per heavy atom. The number of aryl methyl sites for hydroxylation is 1. The molecule has 0 radical (unpaired) electrons. The molecule has 1 heterocycles. The van der Waals surface area contributed by atoms with E-state index in [1.54, 1.807) is 30.5 Å². The number of sulfonamides is 1. The summed E-state index contributed by atoms with van der Waals surface area (Å²) in [6.45, 7) is 5.43. The fraction of sp³-hybridized carbons (Fsp3) is 0.172. The van der Waals surface area contributed by atoms with Crippen molar-refractivity contribution < 1.29 is 17.9 Å². The summed E-state index contributed by atoms with van der Waals surface area (Å²) in [7, 11) is -3.79. The molecular formula is C29H29ClN4O4S. The van der Waals surface area contributed by atoms with E-state index in [0.717, 1.165) is 33.2 Å². The number of para-hydroxylation sites is 1. The molecule has 4 aromatic rings. The number of hydrogen-bond acceptors (Lipinski definition) is 5. The van der Waals surface area contributed by atoms with Gasteiger partial charge in [0, 0.05) is 27.7 Å². The molecule has 1 atom stereocenters. The van der Waals surface area contributed by atoms with Gasteiger partial charge >= 0.3 is 0 Å². The maximum absolute atomic E-state index is 12.9. The summed E-state index contributed by atoms with van der Waals surface area (Å²) in [5.74, 6) is 0.619. The van der Waals surface area contributed by atoms with Gasteiger partial charge in [0.05, 0.1) is 18.2 Å². The highest BCUT2D eigenvalue weighted by Gasteiger charge is 2.29. The summed E-state index contributed by atoms with van der Waals surface area (Å²) in [5, 5.41) is 4.76. The third kappa shape index (κ3) is 6.68. The number of nitrogens with zero attached hydrogens (tertiary/aromatic N) is 3. The molecule has 0 aliphatic rings. The van der Waals surface area contributed by atoms with Gasteiger partial charge in [0.25, 0.3) is 5.91 Å². The monoisotopic (exact) mass is 564 g/mol. The predicted molar refractivity (Wildman–Crippen MR) is 156 cm³/mol. The number of carbonyl (C=O) groups is 1. The van der Waals surface area contributed by atoms with E-state index in [-0.39, 0.29) is 0 Å². The first-order chi connectivity index (χ1) is 18.5. The standard InChI is InChI=1S/C29H29ClN4O4S/c1-20-18-23(21(2)33(20)25-12-10-24(30)11-13-25)19-31-32-29(35)22(3)34(39(4,36)37)26-14-16-28(17-15-26)38-27-8-6-5-7-9-27/h5-19,22H,1-4H3,(H,32,35)/b31-19-/t22-/m1/s1. The lowest BCUT2D eigenvalue weighted by Crippen LogP contribution is -2.46. The van der Waals surface area contributed by atoms with Gasteiger partial charge in [0.15, 0.2) is 0 Å². The molecule has 1 N–H and O–H groups in total. The molecule has 4 rings (SSSR count). The van der Waals surface area contributed by atoms with E-state index in [0.29, 0.717) is 22.2 Å². The summed E-state index contributed by atoms with van der Waals surface area (Å²) < 4.78 is 34.2. The molecule has 0 unspecified atom stereocenters. The maximum Gasteiger partial charge on any atom is 0.263 e. The van der Waals surface area contributed by atoms with Crippen LogP contribution < -0.4 is 14.5 Å². The average molecular weight is 565 g/mol. The minimum Gasteiger partial charge on any atom is -0.457 e. The van der Waals surface area contributed by atoms with Crippen molar-refractivity contribution in [2.45, 2.75) is 26.8 Å². The second kappa shape index (κ2) is 11.8. The Bertz CT molecular complexity index is 1580. The summed E-state index contributed by atoms with van der Waals surface area (Å²) in [5.41, 5.74) is 6.48. The molecule has 0 aliphatic heterocycles. The smallest absolute Gasteiger partial charge is 0.263 e. The number of carbonyl (C=O) groups excluding carboxylic acids is 1. The Kier molecular flexibility index (Phi) is 8.42. The van der Waals surface area contributed by atoms with Crippen LogP contribution in [0.2, 0.25) is 5.02 Å². The first-order valence-corrected chi connectivity index (χ1v) is 14.4. The second-order valence-corrected chi connectivity index (χ2v) is 11.3. The third-order valence-corrected chi connectivity index (χ3v) is 7.59. The Hall–Kier alpha value is -4.08. The molecule has 1 aromatic heterocycles. The number of amides is 1. The first kappa shape index (κ1) is 27.9. The average Bonchev–Trinajstić information content (AvgIpc) is 3.18. The second-order valence-electron chi connectivity index (χ2n) is 9.02. The largest absolute Gasteiger partial charge is 0.457 e. The van der Waals surface area contributed by atoms with Gasteiger partial charge in [-0.3, -0.25) is 9.10 Å². The molecular weight excluding hydrogens is 536 g/mol. The van der Waals surface area contributed by atoms with Crippen molar-refractivity contribution in [1.82, 2.24) is 9.99 Å². The van der Waals surface area contributed by atoms with E-state index >= 15 is 0 Å². The van der Waals surface area contributed by atoms with Crippen molar-refractivity contribution in [2.75, 3.05) is 10.6 Å². The van der Waals surface area contributed by atoms with Gasteiger partial charge in [-0.2, -0.15) is 5.10 Å². The van der Waals surface area contributed by atoms with Crippen molar-refractivity contribution >= 4 is 39.4 Å². The summed E-state index contributed by atoms with van der Waals surface area (Å²) in [4.78, 5) is 12.9. The molecule has 0 saturated carbocycles. The number of aromatic nitrogens is 1. The van der Waals surface area contributed by atoms with Crippen molar-refractivity contribution in [2.24, 2.45) is 5.10 Å². The third-order valence-electron chi connectivity index (χ3n) is 6.09. The molecule has 0 spiro atoms. The Balaban J connectivity index is 1.47. The van der Waals surface area contributed by atoms with Gasteiger partial charge in [-0.1, -0.05) is 29.8 Å². The highest BCUT2D eigenvalue weighted by molar-refractivity contribution is 7.92. The Morgan fingerprint density at radius 1 is 1.00 bits per heavy atom. The molecule has 3 aromatic carbocycles. The van der Waals surface area contributed by atoms with Gasteiger partial charge in [-0.05, 0) is 87.5 Å². The van der Waals surface area contributed by atoms with Crippen molar-refractivity contribution in [3.63, 3.8) is 0 Å². The molecule has 0 fully saturated rings. The van der Waals surface area contributed by atoms with E-state index in [2.05, 4.69) is 15.1 Å². The lowest BCUT2D eigenvalue weighted by atomic mass is 10.2. The Labute approximate surface area is 233 Å². The fourth-order valence-electron chi connectivity index (χ4n) is 4.26. The van der Waals surface area contributed by atoms with Crippen LogP contribution in [0.15, 0.2) is 90.0 Å². The molecule has 202 valence electrons. The van der Waals surface area contributed by atoms with Crippen molar-refractivity contribution in [3.8, 4) is 17.2 Å². The zero-order valence-corrected chi connectivity index (χ0v) is 23.6.